The Morgan fingerprint density at radius 2 is 1.16 bits per heavy atom. The largest absolute Gasteiger partial charge is 0.477 e. The highest BCUT2D eigenvalue weighted by Crippen LogP contribution is 2.38. The smallest absolute Gasteiger partial charge is 0.364 e. The molecule has 81 heavy (non-hydrogen) atoms. The molecular weight excluding hydrogens is 1060 g/mol. The second kappa shape index (κ2) is 40.5. The summed E-state index contributed by atoms with van der Waals surface area (Å²) < 4.78 is 34.6. The van der Waals surface area contributed by atoms with Gasteiger partial charge in [0.1, 0.15) is 67.1 Å². The zero-order valence-corrected chi connectivity index (χ0v) is 48.4. The predicted molar refractivity (Wildman–Crippen MR) is 297 cm³/mol. The minimum atomic E-state index is -3.08. The number of allylic oxidation sites excluding steroid dienone is 3. The van der Waals surface area contributed by atoms with Gasteiger partial charge in [0.15, 0.2) is 12.6 Å². The normalized spacial score (nSPS) is 30.6. The Hall–Kier alpha value is -2.79. The molecule has 3 rings (SSSR count). The average molecular weight is 1170 g/mol. The number of hydrogen-bond donors (Lipinski definition) is 14. The van der Waals surface area contributed by atoms with Gasteiger partial charge < -0.3 is 100 Å². The third kappa shape index (κ3) is 25.0. The summed E-state index contributed by atoms with van der Waals surface area (Å²) in [6.45, 7) is 2.03. The highest BCUT2D eigenvalue weighted by Gasteiger charge is 2.60. The summed E-state index contributed by atoms with van der Waals surface area (Å²) in [7, 11) is 0. The molecule has 0 spiro atoms. The van der Waals surface area contributed by atoms with Crippen molar-refractivity contribution >= 4 is 17.8 Å². The Morgan fingerprint density at radius 1 is 0.642 bits per heavy atom. The lowest BCUT2D eigenvalue weighted by atomic mass is 9.88. The number of rotatable bonds is 43. The van der Waals surface area contributed by atoms with Crippen molar-refractivity contribution in [3.63, 3.8) is 0 Å². The van der Waals surface area contributed by atoms with Crippen LogP contribution in [0.5, 0.6) is 0 Å². The van der Waals surface area contributed by atoms with E-state index in [1.165, 1.54) is 89.9 Å². The number of aliphatic carboxylic acids is 1. The quantitative estimate of drug-likeness (QED) is 0.0308. The van der Waals surface area contributed by atoms with Crippen LogP contribution in [0, 0.1) is 0 Å². The van der Waals surface area contributed by atoms with E-state index in [1.807, 2.05) is 6.08 Å². The SMILES string of the molecule is CCCCCC/C=C\CCCC(=O)NC(COC1OC(CO)C(OC2OC(CO)C(O)C(OC3(C(=O)O)CC(O)C(NC(C)=O)C(C(O)C(O)CO)O3)C2O)C(O)C1O)C(O)/C=C/CCCCCCCCCCCCCCCCCC. The Bertz CT molecular complexity index is 1770. The number of carboxylic acids is 1. The van der Waals surface area contributed by atoms with Gasteiger partial charge in [-0.05, 0) is 38.5 Å². The number of unbranched alkanes of at least 4 members (excludes halogenated alkanes) is 21. The van der Waals surface area contributed by atoms with E-state index >= 15 is 0 Å². The van der Waals surface area contributed by atoms with Gasteiger partial charge in [-0.2, -0.15) is 0 Å². The second-order valence-electron chi connectivity index (χ2n) is 22.2. The molecule has 3 aliphatic rings. The van der Waals surface area contributed by atoms with Gasteiger partial charge in [0.25, 0.3) is 5.79 Å². The number of carbonyl (C=O) groups excluding carboxylic acids is 2. The maximum atomic E-state index is 13.3. The number of carboxylic acid groups (broad SMARTS) is 1. The molecule has 14 N–H and O–H groups in total. The Balaban J connectivity index is 1.66. The second-order valence-corrected chi connectivity index (χ2v) is 22.2. The van der Waals surface area contributed by atoms with Crippen LogP contribution >= 0.6 is 0 Å². The number of carbonyl (C=O) groups is 3. The van der Waals surface area contributed by atoms with Crippen molar-refractivity contribution in [2.75, 3.05) is 26.4 Å². The van der Waals surface area contributed by atoms with Gasteiger partial charge >= 0.3 is 5.97 Å². The van der Waals surface area contributed by atoms with Crippen LogP contribution in [-0.2, 0) is 42.8 Å². The van der Waals surface area contributed by atoms with Crippen LogP contribution in [-0.4, -0.2) is 215 Å². The van der Waals surface area contributed by atoms with E-state index in [1.54, 1.807) is 6.08 Å². The van der Waals surface area contributed by atoms with Gasteiger partial charge in [0, 0.05) is 19.8 Å². The van der Waals surface area contributed by atoms with Crippen LogP contribution < -0.4 is 10.6 Å². The first-order valence-corrected chi connectivity index (χ1v) is 30.2. The van der Waals surface area contributed by atoms with E-state index in [9.17, 15) is 75.7 Å². The number of hydrogen-bond acceptors (Lipinski definition) is 20. The standard InChI is InChI=1S/C58H104N2O21/c1-4-6-8-10-12-14-15-16-17-18-19-20-21-22-24-25-27-29-31-40(65)39(60-45(68)32-30-28-26-23-13-11-9-7-5-2)37-76-55-50(72)49(71)52(44(36-63)78-55)79-56-51(73)54(48(70)43(35-62)77-56)81-58(57(74)75)33-41(66)46(59-38(3)64)53(80-58)47(69)42(67)34-61/h23,26,29,31,39-44,46-56,61-63,65-67,69-73H,4-22,24-25,27-28,30,32-37H2,1-3H3,(H,59,64)(H,60,68)(H,74,75)/b26-23-,31-29+. The highest BCUT2D eigenvalue weighted by atomic mass is 16.8. The fourth-order valence-electron chi connectivity index (χ4n) is 10.5. The van der Waals surface area contributed by atoms with Gasteiger partial charge in [-0.15, -0.1) is 0 Å². The fourth-order valence-corrected chi connectivity index (χ4v) is 10.5. The van der Waals surface area contributed by atoms with Crippen molar-refractivity contribution in [3.05, 3.63) is 24.3 Å². The monoisotopic (exact) mass is 1160 g/mol. The molecule has 23 nitrogen and oxygen atoms in total. The summed E-state index contributed by atoms with van der Waals surface area (Å²) in [5, 5.41) is 135. The van der Waals surface area contributed by atoms with E-state index in [2.05, 4.69) is 36.6 Å². The number of aliphatic hydroxyl groups is 11. The van der Waals surface area contributed by atoms with E-state index in [-0.39, 0.29) is 12.3 Å². The van der Waals surface area contributed by atoms with E-state index in [4.69, 9.17) is 28.4 Å². The lowest BCUT2D eigenvalue weighted by Gasteiger charge is -2.50. The van der Waals surface area contributed by atoms with Crippen molar-refractivity contribution in [3.8, 4) is 0 Å². The fraction of sp³-hybridized carbons (Fsp3) is 0.879. The van der Waals surface area contributed by atoms with Crippen LogP contribution in [0.3, 0.4) is 0 Å². The van der Waals surface area contributed by atoms with Crippen LogP contribution in [0.1, 0.15) is 188 Å². The number of nitrogens with one attached hydrogen (secondary N) is 2. The molecule has 3 aliphatic heterocycles. The van der Waals surface area contributed by atoms with Crippen molar-refractivity contribution in [2.24, 2.45) is 0 Å². The molecule has 0 aromatic rings. The van der Waals surface area contributed by atoms with Gasteiger partial charge in [-0.25, -0.2) is 4.79 Å². The van der Waals surface area contributed by atoms with Crippen LogP contribution in [0.2, 0.25) is 0 Å². The van der Waals surface area contributed by atoms with Crippen molar-refractivity contribution < 1.29 is 104 Å². The van der Waals surface area contributed by atoms with E-state index in [0.29, 0.717) is 19.3 Å². The van der Waals surface area contributed by atoms with Crippen LogP contribution in [0.25, 0.3) is 0 Å². The predicted octanol–water partition coefficient (Wildman–Crippen LogP) is 2.55. The van der Waals surface area contributed by atoms with Gasteiger partial charge in [-0.3, -0.25) is 9.59 Å². The maximum Gasteiger partial charge on any atom is 0.364 e. The summed E-state index contributed by atoms with van der Waals surface area (Å²) >= 11 is 0. The van der Waals surface area contributed by atoms with Crippen LogP contribution in [0.4, 0.5) is 0 Å². The summed E-state index contributed by atoms with van der Waals surface area (Å²) in [5.41, 5.74) is 0. The average Bonchev–Trinajstić information content (AvgIpc) is 3.61. The van der Waals surface area contributed by atoms with Crippen molar-refractivity contribution in [2.45, 2.75) is 298 Å². The first-order chi connectivity index (χ1) is 38.9. The number of aliphatic hydroxyl groups excluding tert-OH is 11. The Labute approximate surface area is 479 Å². The third-order valence-corrected chi connectivity index (χ3v) is 15.4. The zero-order valence-electron chi connectivity index (χ0n) is 48.4. The summed E-state index contributed by atoms with van der Waals surface area (Å²) in [6.07, 6.45) is 5.65. The molecule has 3 fully saturated rings. The van der Waals surface area contributed by atoms with Crippen molar-refractivity contribution in [1.82, 2.24) is 10.6 Å². The van der Waals surface area contributed by atoms with Gasteiger partial charge in [-0.1, -0.05) is 154 Å². The molecule has 23 heteroatoms. The summed E-state index contributed by atoms with van der Waals surface area (Å²) in [4.78, 5) is 38.3. The van der Waals surface area contributed by atoms with Gasteiger partial charge in [0.2, 0.25) is 11.8 Å². The molecule has 472 valence electrons. The first-order valence-electron chi connectivity index (χ1n) is 30.2. The van der Waals surface area contributed by atoms with Gasteiger partial charge in [0.05, 0.1) is 50.7 Å². The minimum absolute atomic E-state index is 0.151. The molecule has 3 heterocycles. The number of ether oxygens (including phenoxy) is 6. The first kappa shape index (κ1) is 72.5. The molecule has 0 radical (unpaired) electrons. The molecule has 18 atom stereocenters. The molecule has 0 aliphatic carbocycles. The molecule has 0 saturated carbocycles. The Kier molecular flexibility index (Phi) is 36.2. The number of amides is 2. The molecule has 0 bridgehead atoms. The van der Waals surface area contributed by atoms with Crippen LogP contribution in [0.15, 0.2) is 24.3 Å². The maximum absolute atomic E-state index is 13.3. The van der Waals surface area contributed by atoms with Crippen molar-refractivity contribution in [1.29, 1.82) is 0 Å². The topological polar surface area (TPSA) is 373 Å². The molecular formula is C58H104N2O21. The molecule has 2 amide bonds. The third-order valence-electron chi connectivity index (χ3n) is 15.4. The summed E-state index contributed by atoms with van der Waals surface area (Å²) in [6, 6.07) is -2.63. The zero-order chi connectivity index (χ0) is 59.7. The Morgan fingerprint density at radius 3 is 1.69 bits per heavy atom. The van der Waals surface area contributed by atoms with E-state index in [0.717, 1.165) is 51.9 Å². The summed E-state index contributed by atoms with van der Waals surface area (Å²) in [5.74, 6) is -6.18. The minimum Gasteiger partial charge on any atom is -0.477 e. The molecule has 0 aromatic heterocycles. The lowest BCUT2D eigenvalue weighted by molar-refractivity contribution is -0.386. The molecule has 18 unspecified atom stereocenters. The molecule has 0 aromatic carbocycles. The lowest BCUT2D eigenvalue weighted by Crippen LogP contribution is -2.70. The van der Waals surface area contributed by atoms with E-state index < -0.39 is 155 Å². The molecule has 3 saturated heterocycles. The highest BCUT2D eigenvalue weighted by molar-refractivity contribution is 5.77.